The van der Waals surface area contributed by atoms with Gasteiger partial charge in [-0.2, -0.15) is 0 Å². The van der Waals surface area contributed by atoms with E-state index in [-0.39, 0.29) is 11.9 Å². The zero-order valence-corrected chi connectivity index (χ0v) is 19.4. The predicted molar refractivity (Wildman–Crippen MR) is 130 cm³/mol. The Hall–Kier alpha value is -3.06. The lowest BCUT2D eigenvalue weighted by Crippen LogP contribution is -2.23. The molecule has 2 aromatic carbocycles. The summed E-state index contributed by atoms with van der Waals surface area (Å²) >= 11 is 1.36. The number of benzene rings is 2. The number of aliphatic imine (C=N–C) groups is 1. The average Bonchev–Trinajstić information content (AvgIpc) is 3.41. The van der Waals surface area contributed by atoms with Crippen LogP contribution < -0.4 is 4.90 Å². The molecule has 0 radical (unpaired) electrons. The number of amides is 1. The molecule has 0 aliphatic carbocycles. The molecule has 2 saturated heterocycles. The molecular formula is C25H27N3O3S. The molecule has 0 atom stereocenters. The van der Waals surface area contributed by atoms with E-state index in [0.717, 1.165) is 24.2 Å². The number of hydrogen-bond donors (Lipinski definition) is 0. The maximum Gasteiger partial charge on any atom is 0.338 e. The molecule has 6 nitrogen and oxygen atoms in total. The Labute approximate surface area is 193 Å². The summed E-state index contributed by atoms with van der Waals surface area (Å²) in [6.07, 6.45) is 4.44. The molecule has 0 spiro atoms. The summed E-state index contributed by atoms with van der Waals surface area (Å²) in [5, 5.41) is 0.608. The second-order valence-corrected chi connectivity index (χ2v) is 8.88. The molecule has 0 saturated carbocycles. The minimum atomic E-state index is -0.356. The van der Waals surface area contributed by atoms with E-state index in [1.165, 1.54) is 30.3 Å². The number of likely N-dealkylation sites (N-methyl/N-ethyl adjacent to an activating group) is 1. The molecule has 0 aromatic heterocycles. The normalized spacial score (nSPS) is 18.8. The lowest BCUT2D eigenvalue weighted by atomic mass is 10.1. The molecule has 2 heterocycles. The van der Waals surface area contributed by atoms with Gasteiger partial charge in [0.05, 0.1) is 22.8 Å². The van der Waals surface area contributed by atoms with E-state index in [1.807, 2.05) is 6.08 Å². The second kappa shape index (κ2) is 9.61. The van der Waals surface area contributed by atoms with Crippen molar-refractivity contribution < 1.29 is 14.3 Å². The Balaban J connectivity index is 1.52. The summed E-state index contributed by atoms with van der Waals surface area (Å²) in [5.74, 6) is -0.425. The number of thioether (sulfide) groups is 1. The van der Waals surface area contributed by atoms with Gasteiger partial charge in [0.1, 0.15) is 0 Å². The van der Waals surface area contributed by atoms with E-state index in [1.54, 1.807) is 43.1 Å². The second-order valence-electron chi connectivity index (χ2n) is 7.87. The highest BCUT2D eigenvalue weighted by molar-refractivity contribution is 8.18. The number of ether oxygens (including phenoxy) is 1. The summed E-state index contributed by atoms with van der Waals surface area (Å²) in [6, 6.07) is 13.3. The van der Waals surface area contributed by atoms with Gasteiger partial charge >= 0.3 is 5.97 Å². The molecule has 0 N–H and O–H groups in total. The highest BCUT2D eigenvalue weighted by Crippen LogP contribution is 2.34. The first-order valence-electron chi connectivity index (χ1n) is 10.9. The van der Waals surface area contributed by atoms with E-state index in [4.69, 9.17) is 4.74 Å². The summed E-state index contributed by atoms with van der Waals surface area (Å²) in [4.78, 5) is 33.8. The summed E-state index contributed by atoms with van der Waals surface area (Å²) in [7, 11) is 1.73. The number of rotatable bonds is 5. The largest absolute Gasteiger partial charge is 0.462 e. The van der Waals surface area contributed by atoms with Crippen molar-refractivity contribution in [3.63, 3.8) is 0 Å². The molecule has 2 fully saturated rings. The van der Waals surface area contributed by atoms with E-state index in [0.29, 0.717) is 27.9 Å². The number of carbonyl (C=O) groups excluding carboxylic acids is 2. The molecule has 1 amide bonds. The number of carbonyl (C=O) groups is 2. The fourth-order valence-corrected chi connectivity index (χ4v) is 4.76. The van der Waals surface area contributed by atoms with E-state index < -0.39 is 0 Å². The molecule has 7 heteroatoms. The van der Waals surface area contributed by atoms with Crippen LogP contribution in [0, 0.1) is 6.92 Å². The first-order chi connectivity index (χ1) is 15.5. The van der Waals surface area contributed by atoms with Crippen molar-refractivity contribution in [3.05, 3.63) is 64.1 Å². The minimum absolute atomic E-state index is 0.0695. The van der Waals surface area contributed by atoms with Crippen LogP contribution in [0.25, 0.3) is 6.08 Å². The number of hydrogen-bond acceptors (Lipinski definition) is 6. The van der Waals surface area contributed by atoms with Crippen LogP contribution in [0.2, 0.25) is 0 Å². The summed E-state index contributed by atoms with van der Waals surface area (Å²) in [6.45, 7) is 6.41. The third-order valence-electron chi connectivity index (χ3n) is 5.62. The Bertz CT molecular complexity index is 1090. The number of amidine groups is 1. The monoisotopic (exact) mass is 449 g/mol. The first kappa shape index (κ1) is 22.1. The maximum absolute atomic E-state index is 12.8. The van der Waals surface area contributed by atoms with Gasteiger partial charge in [-0.25, -0.2) is 9.79 Å². The van der Waals surface area contributed by atoms with Crippen molar-refractivity contribution in [2.45, 2.75) is 26.7 Å². The lowest BCUT2D eigenvalue weighted by Gasteiger charge is -2.18. The number of nitrogens with zero attached hydrogens (tertiary/aromatic N) is 3. The van der Waals surface area contributed by atoms with Gasteiger partial charge in [0.25, 0.3) is 5.91 Å². The topological polar surface area (TPSA) is 62.2 Å². The molecule has 4 rings (SSSR count). The van der Waals surface area contributed by atoms with Gasteiger partial charge in [-0.15, -0.1) is 0 Å². The van der Waals surface area contributed by atoms with Gasteiger partial charge < -0.3 is 9.64 Å². The van der Waals surface area contributed by atoms with Crippen molar-refractivity contribution in [1.29, 1.82) is 0 Å². The van der Waals surface area contributed by atoms with Gasteiger partial charge in [-0.1, -0.05) is 6.07 Å². The fraction of sp³-hybridized carbons (Fsp3) is 0.320. The number of aryl methyl sites for hydroxylation is 1. The third kappa shape index (κ3) is 4.72. The smallest absolute Gasteiger partial charge is 0.338 e. The molecule has 2 aromatic rings. The molecule has 0 unspecified atom stereocenters. The van der Waals surface area contributed by atoms with Crippen LogP contribution in [-0.2, 0) is 9.53 Å². The fourth-order valence-electron chi connectivity index (χ4n) is 3.78. The van der Waals surface area contributed by atoms with Crippen LogP contribution in [0.1, 0.15) is 41.3 Å². The minimum Gasteiger partial charge on any atom is -0.462 e. The van der Waals surface area contributed by atoms with Crippen LogP contribution in [0.4, 0.5) is 11.4 Å². The zero-order chi connectivity index (χ0) is 22.7. The van der Waals surface area contributed by atoms with Gasteiger partial charge in [0, 0.05) is 25.8 Å². The average molecular weight is 450 g/mol. The Kier molecular flexibility index (Phi) is 6.65. The molecule has 0 bridgehead atoms. The highest BCUT2D eigenvalue weighted by Gasteiger charge is 2.30. The Morgan fingerprint density at radius 3 is 2.53 bits per heavy atom. The predicted octanol–water partition coefficient (Wildman–Crippen LogP) is 5.01. The van der Waals surface area contributed by atoms with Crippen molar-refractivity contribution in [3.8, 4) is 0 Å². The Morgan fingerprint density at radius 1 is 1.16 bits per heavy atom. The van der Waals surface area contributed by atoms with E-state index in [2.05, 4.69) is 35.0 Å². The van der Waals surface area contributed by atoms with Gasteiger partial charge in [-0.3, -0.25) is 9.69 Å². The lowest BCUT2D eigenvalue weighted by molar-refractivity contribution is -0.121. The number of esters is 1. The zero-order valence-electron chi connectivity index (χ0n) is 18.6. The SMILES string of the molecule is CCOC(=O)c1ccc(N=C2S/C(=C\c3ccc(N4CCCC4)cc3C)C(=O)N2C)cc1. The van der Waals surface area contributed by atoms with Crippen molar-refractivity contribution in [2.75, 3.05) is 31.6 Å². The summed E-state index contributed by atoms with van der Waals surface area (Å²) in [5.41, 5.74) is 4.59. The standard InChI is InChI=1S/C25H27N3O3S/c1-4-31-24(30)18-7-10-20(11-8-18)26-25-27(3)23(29)22(32-25)16-19-9-12-21(15-17(19)2)28-13-5-6-14-28/h7-12,15-16H,4-6,13-14H2,1-3H3/b22-16-,26-25?. The van der Waals surface area contributed by atoms with E-state index >= 15 is 0 Å². The van der Waals surface area contributed by atoms with Crippen LogP contribution >= 0.6 is 11.8 Å². The van der Waals surface area contributed by atoms with Crippen molar-refractivity contribution in [2.24, 2.45) is 4.99 Å². The molecule has 2 aliphatic heterocycles. The summed E-state index contributed by atoms with van der Waals surface area (Å²) < 4.78 is 5.01. The van der Waals surface area contributed by atoms with Gasteiger partial charge in [-0.05, 0) is 92.1 Å². The van der Waals surface area contributed by atoms with E-state index in [9.17, 15) is 9.59 Å². The van der Waals surface area contributed by atoms with Gasteiger partial charge in [0.2, 0.25) is 0 Å². The van der Waals surface area contributed by atoms with Crippen LogP contribution in [0.5, 0.6) is 0 Å². The molecule has 32 heavy (non-hydrogen) atoms. The first-order valence-corrected chi connectivity index (χ1v) is 11.7. The number of anilines is 1. The van der Waals surface area contributed by atoms with Crippen molar-refractivity contribution >= 4 is 46.3 Å². The molecule has 2 aliphatic rings. The van der Waals surface area contributed by atoms with Crippen LogP contribution in [0.3, 0.4) is 0 Å². The van der Waals surface area contributed by atoms with Gasteiger partial charge in [0.15, 0.2) is 5.17 Å². The highest BCUT2D eigenvalue weighted by atomic mass is 32.2. The van der Waals surface area contributed by atoms with Crippen LogP contribution in [0.15, 0.2) is 52.4 Å². The quantitative estimate of drug-likeness (QED) is 0.475. The van der Waals surface area contributed by atoms with Crippen LogP contribution in [-0.4, -0.2) is 48.7 Å². The molecular weight excluding hydrogens is 422 g/mol. The maximum atomic E-state index is 12.8. The van der Waals surface area contributed by atoms with Crippen molar-refractivity contribution in [1.82, 2.24) is 4.90 Å². The Morgan fingerprint density at radius 2 is 1.88 bits per heavy atom. The molecule has 166 valence electrons. The third-order valence-corrected chi connectivity index (χ3v) is 6.68.